The first kappa shape index (κ1) is 9.90. The predicted molar refractivity (Wildman–Crippen MR) is 60.5 cm³/mol. The van der Waals surface area contributed by atoms with Gasteiger partial charge in [-0.3, -0.25) is 4.98 Å². The van der Waals surface area contributed by atoms with Crippen LogP contribution < -0.4 is 0 Å². The van der Waals surface area contributed by atoms with Gasteiger partial charge in [-0.15, -0.1) is 0 Å². The summed E-state index contributed by atoms with van der Waals surface area (Å²) in [6, 6.07) is 4.03. The van der Waals surface area contributed by atoms with Crippen molar-refractivity contribution in [3.05, 3.63) is 36.5 Å². The molecule has 0 aliphatic carbocycles. The molecule has 0 saturated carbocycles. The quantitative estimate of drug-likeness (QED) is 0.747. The minimum Gasteiger partial charge on any atom is -0.334 e. The fourth-order valence-corrected chi connectivity index (χ4v) is 1.73. The Morgan fingerprint density at radius 2 is 1.87 bits per heavy atom. The molecule has 0 unspecified atom stereocenters. The van der Waals surface area contributed by atoms with Crippen LogP contribution in [0.1, 0.15) is 25.5 Å². The number of aryl methyl sites for hydroxylation is 1. The summed E-state index contributed by atoms with van der Waals surface area (Å²) in [6.45, 7) is 4.32. The topological polar surface area (TPSA) is 30.7 Å². The lowest BCUT2D eigenvalue weighted by atomic mass is 10.0. The summed E-state index contributed by atoms with van der Waals surface area (Å²) in [7, 11) is 2.02. The first-order valence-corrected chi connectivity index (χ1v) is 5.11. The van der Waals surface area contributed by atoms with E-state index in [4.69, 9.17) is 0 Å². The lowest BCUT2D eigenvalue weighted by Gasteiger charge is -2.08. The van der Waals surface area contributed by atoms with Crippen LogP contribution in [0.3, 0.4) is 0 Å². The van der Waals surface area contributed by atoms with Gasteiger partial charge in [-0.05, 0) is 18.1 Å². The molecule has 0 N–H and O–H groups in total. The van der Waals surface area contributed by atoms with E-state index in [1.807, 2.05) is 37.9 Å². The van der Waals surface area contributed by atoms with E-state index in [0.29, 0.717) is 5.92 Å². The SMILES string of the molecule is CC(C)c1ncn(C)c1-c1ccncc1. The van der Waals surface area contributed by atoms with Crippen molar-refractivity contribution in [3.63, 3.8) is 0 Å². The summed E-state index contributed by atoms with van der Waals surface area (Å²) in [6.07, 6.45) is 5.49. The average Bonchev–Trinajstić information content (AvgIpc) is 2.61. The van der Waals surface area contributed by atoms with Crippen LogP contribution in [0.5, 0.6) is 0 Å². The number of imidazole rings is 1. The van der Waals surface area contributed by atoms with E-state index in [0.717, 1.165) is 5.69 Å². The predicted octanol–water partition coefficient (Wildman–Crippen LogP) is 2.61. The lowest BCUT2D eigenvalue weighted by molar-refractivity contribution is 0.832. The van der Waals surface area contributed by atoms with E-state index in [1.165, 1.54) is 11.3 Å². The number of hydrogen-bond donors (Lipinski definition) is 0. The zero-order valence-electron chi connectivity index (χ0n) is 9.31. The Kier molecular flexibility index (Phi) is 2.54. The van der Waals surface area contributed by atoms with Crippen LogP contribution in [0.15, 0.2) is 30.9 Å². The first-order chi connectivity index (χ1) is 7.20. The summed E-state index contributed by atoms with van der Waals surface area (Å²) in [5, 5.41) is 0. The third-order valence-corrected chi connectivity index (χ3v) is 2.47. The molecule has 0 fully saturated rings. The molecule has 3 heteroatoms. The van der Waals surface area contributed by atoms with Gasteiger partial charge in [-0.2, -0.15) is 0 Å². The average molecular weight is 201 g/mol. The second-order valence-corrected chi connectivity index (χ2v) is 3.98. The molecule has 78 valence electrons. The van der Waals surface area contributed by atoms with Gasteiger partial charge in [0.2, 0.25) is 0 Å². The van der Waals surface area contributed by atoms with Crippen LogP contribution >= 0.6 is 0 Å². The van der Waals surface area contributed by atoms with Gasteiger partial charge in [-0.1, -0.05) is 13.8 Å². The Hall–Kier alpha value is -1.64. The van der Waals surface area contributed by atoms with E-state index < -0.39 is 0 Å². The van der Waals surface area contributed by atoms with Gasteiger partial charge in [0.15, 0.2) is 0 Å². The number of pyridine rings is 1. The van der Waals surface area contributed by atoms with Crippen LogP contribution in [0, 0.1) is 0 Å². The number of hydrogen-bond acceptors (Lipinski definition) is 2. The fraction of sp³-hybridized carbons (Fsp3) is 0.333. The van der Waals surface area contributed by atoms with Crippen LogP contribution in [-0.4, -0.2) is 14.5 Å². The second-order valence-electron chi connectivity index (χ2n) is 3.98. The highest BCUT2D eigenvalue weighted by atomic mass is 15.0. The zero-order chi connectivity index (χ0) is 10.8. The largest absolute Gasteiger partial charge is 0.334 e. The van der Waals surface area contributed by atoms with E-state index in [-0.39, 0.29) is 0 Å². The molecule has 0 aliphatic rings. The second kappa shape index (κ2) is 3.85. The Morgan fingerprint density at radius 1 is 1.20 bits per heavy atom. The Bertz CT molecular complexity index is 443. The van der Waals surface area contributed by atoms with Gasteiger partial charge in [0.1, 0.15) is 0 Å². The molecule has 3 nitrogen and oxygen atoms in total. The molecule has 0 bridgehead atoms. The van der Waals surface area contributed by atoms with Crippen molar-refractivity contribution in [2.45, 2.75) is 19.8 Å². The molecule has 2 aromatic heterocycles. The highest BCUT2D eigenvalue weighted by molar-refractivity contribution is 5.62. The van der Waals surface area contributed by atoms with Crippen LogP contribution in [-0.2, 0) is 7.05 Å². The molecular weight excluding hydrogens is 186 g/mol. The fourth-order valence-electron chi connectivity index (χ4n) is 1.73. The molecule has 0 spiro atoms. The molecule has 2 heterocycles. The van der Waals surface area contributed by atoms with Crippen molar-refractivity contribution in [2.75, 3.05) is 0 Å². The standard InChI is InChI=1S/C12H15N3/c1-9(2)11-12(15(3)8-14-11)10-4-6-13-7-5-10/h4-9H,1-3H3. The third-order valence-electron chi connectivity index (χ3n) is 2.47. The van der Waals surface area contributed by atoms with Crippen molar-refractivity contribution in [1.29, 1.82) is 0 Å². The molecule has 2 aromatic rings. The van der Waals surface area contributed by atoms with Gasteiger partial charge in [-0.25, -0.2) is 4.98 Å². The minimum absolute atomic E-state index is 0.439. The van der Waals surface area contributed by atoms with Crippen molar-refractivity contribution in [3.8, 4) is 11.3 Å². The van der Waals surface area contributed by atoms with Crippen LogP contribution in [0.2, 0.25) is 0 Å². The summed E-state index contributed by atoms with van der Waals surface area (Å²) in [5.74, 6) is 0.439. The molecule has 0 aliphatic heterocycles. The van der Waals surface area contributed by atoms with Crippen molar-refractivity contribution in [1.82, 2.24) is 14.5 Å². The monoisotopic (exact) mass is 201 g/mol. The third kappa shape index (κ3) is 1.77. The van der Waals surface area contributed by atoms with Crippen LogP contribution in [0.4, 0.5) is 0 Å². The molecular formula is C12H15N3. The number of nitrogens with zero attached hydrogens (tertiary/aromatic N) is 3. The highest BCUT2D eigenvalue weighted by Crippen LogP contribution is 2.26. The smallest absolute Gasteiger partial charge is 0.0951 e. The zero-order valence-corrected chi connectivity index (χ0v) is 9.31. The Morgan fingerprint density at radius 3 is 2.47 bits per heavy atom. The van der Waals surface area contributed by atoms with Crippen molar-refractivity contribution < 1.29 is 0 Å². The number of rotatable bonds is 2. The maximum Gasteiger partial charge on any atom is 0.0951 e. The van der Waals surface area contributed by atoms with Crippen molar-refractivity contribution >= 4 is 0 Å². The summed E-state index contributed by atoms with van der Waals surface area (Å²) in [4.78, 5) is 8.46. The van der Waals surface area contributed by atoms with Gasteiger partial charge >= 0.3 is 0 Å². The van der Waals surface area contributed by atoms with E-state index in [1.54, 1.807) is 0 Å². The van der Waals surface area contributed by atoms with Gasteiger partial charge in [0, 0.05) is 25.0 Å². The molecule has 0 atom stereocenters. The Balaban J connectivity index is 2.57. The Labute approximate surface area is 89.8 Å². The normalized spacial score (nSPS) is 10.9. The van der Waals surface area contributed by atoms with Crippen molar-refractivity contribution in [2.24, 2.45) is 7.05 Å². The van der Waals surface area contributed by atoms with Gasteiger partial charge in [0.25, 0.3) is 0 Å². The lowest BCUT2D eigenvalue weighted by Crippen LogP contribution is -1.95. The van der Waals surface area contributed by atoms with E-state index in [2.05, 4.69) is 28.4 Å². The van der Waals surface area contributed by atoms with E-state index >= 15 is 0 Å². The minimum atomic E-state index is 0.439. The molecule has 0 radical (unpaired) electrons. The molecule has 0 saturated heterocycles. The maximum atomic E-state index is 4.43. The van der Waals surface area contributed by atoms with Gasteiger partial charge < -0.3 is 4.57 Å². The highest BCUT2D eigenvalue weighted by Gasteiger charge is 2.13. The van der Waals surface area contributed by atoms with Crippen LogP contribution in [0.25, 0.3) is 11.3 Å². The molecule has 0 aromatic carbocycles. The van der Waals surface area contributed by atoms with Gasteiger partial charge in [0.05, 0.1) is 17.7 Å². The number of aromatic nitrogens is 3. The molecule has 2 rings (SSSR count). The van der Waals surface area contributed by atoms with E-state index in [9.17, 15) is 0 Å². The summed E-state index contributed by atoms with van der Waals surface area (Å²) in [5.41, 5.74) is 3.50. The summed E-state index contributed by atoms with van der Waals surface area (Å²) >= 11 is 0. The first-order valence-electron chi connectivity index (χ1n) is 5.11. The molecule has 15 heavy (non-hydrogen) atoms. The maximum absolute atomic E-state index is 4.43. The summed E-state index contributed by atoms with van der Waals surface area (Å²) < 4.78 is 2.06. The molecule has 0 amide bonds.